The van der Waals surface area contributed by atoms with Gasteiger partial charge >= 0.3 is 0 Å². The summed E-state index contributed by atoms with van der Waals surface area (Å²) in [5.74, 6) is 1.44. The smallest absolute Gasteiger partial charge is 0.224 e. The summed E-state index contributed by atoms with van der Waals surface area (Å²) in [7, 11) is 0. The lowest BCUT2D eigenvalue weighted by Crippen LogP contribution is -2.29. The van der Waals surface area contributed by atoms with Gasteiger partial charge in [-0.1, -0.05) is 0 Å². The van der Waals surface area contributed by atoms with Crippen molar-refractivity contribution in [1.29, 1.82) is 0 Å². The predicted molar refractivity (Wildman–Crippen MR) is 80.3 cm³/mol. The van der Waals surface area contributed by atoms with Crippen LogP contribution in [0.4, 0.5) is 0 Å². The lowest BCUT2D eigenvalue weighted by Gasteiger charge is -2.13. The van der Waals surface area contributed by atoms with E-state index in [1.807, 2.05) is 41.1 Å². The largest absolute Gasteiger partial charge is 0.469 e. The maximum Gasteiger partial charge on any atom is 0.224 e. The van der Waals surface area contributed by atoms with E-state index >= 15 is 0 Å². The molecule has 108 valence electrons. The van der Waals surface area contributed by atoms with Gasteiger partial charge in [0.15, 0.2) is 0 Å². The average Bonchev–Trinajstić information content (AvgIpc) is 3.23. The van der Waals surface area contributed by atoms with Crippen LogP contribution in [0.25, 0.3) is 0 Å². The number of furan rings is 2. The second kappa shape index (κ2) is 6.45. The topological polar surface area (TPSA) is 55.4 Å². The van der Waals surface area contributed by atoms with Gasteiger partial charge in [0.2, 0.25) is 5.91 Å². The second-order valence-corrected chi connectivity index (χ2v) is 5.48. The number of thiophene rings is 1. The molecule has 0 bridgehead atoms. The Morgan fingerprint density at radius 3 is 2.38 bits per heavy atom. The maximum absolute atomic E-state index is 12.0. The molecule has 0 saturated heterocycles. The van der Waals surface area contributed by atoms with Crippen molar-refractivity contribution in [2.75, 3.05) is 6.54 Å². The summed E-state index contributed by atoms with van der Waals surface area (Å²) in [6.07, 6.45) is 3.64. The van der Waals surface area contributed by atoms with Crippen LogP contribution in [0.15, 0.2) is 62.5 Å². The van der Waals surface area contributed by atoms with Crippen molar-refractivity contribution < 1.29 is 13.6 Å². The Bertz CT molecular complexity index is 622. The van der Waals surface area contributed by atoms with Gasteiger partial charge in [0, 0.05) is 6.54 Å². The molecule has 0 radical (unpaired) electrons. The first-order valence-electron chi connectivity index (χ1n) is 6.67. The van der Waals surface area contributed by atoms with Crippen LogP contribution < -0.4 is 5.32 Å². The average molecular weight is 301 g/mol. The summed E-state index contributed by atoms with van der Waals surface area (Å²) in [5.41, 5.74) is 1.03. The molecule has 0 aromatic carbocycles. The molecule has 3 aromatic heterocycles. The molecule has 0 aliphatic carbocycles. The minimum Gasteiger partial charge on any atom is -0.469 e. The lowest BCUT2D eigenvalue weighted by molar-refractivity contribution is -0.120. The van der Waals surface area contributed by atoms with Crippen molar-refractivity contribution in [1.82, 2.24) is 5.32 Å². The molecule has 0 fully saturated rings. The van der Waals surface area contributed by atoms with Crippen molar-refractivity contribution in [3.8, 4) is 0 Å². The molecule has 21 heavy (non-hydrogen) atoms. The minimum absolute atomic E-state index is 0.00323. The summed E-state index contributed by atoms with van der Waals surface area (Å²) >= 11 is 1.59. The van der Waals surface area contributed by atoms with Gasteiger partial charge in [0.25, 0.3) is 0 Å². The van der Waals surface area contributed by atoms with Crippen LogP contribution in [0, 0.1) is 0 Å². The van der Waals surface area contributed by atoms with Gasteiger partial charge in [0.05, 0.1) is 24.9 Å². The summed E-state index contributed by atoms with van der Waals surface area (Å²) < 4.78 is 10.9. The van der Waals surface area contributed by atoms with Crippen molar-refractivity contribution in [3.63, 3.8) is 0 Å². The highest BCUT2D eigenvalue weighted by atomic mass is 32.1. The zero-order chi connectivity index (χ0) is 14.5. The van der Waals surface area contributed by atoms with E-state index in [4.69, 9.17) is 8.83 Å². The number of amides is 1. The second-order valence-electron chi connectivity index (χ2n) is 4.70. The molecule has 0 aliphatic heterocycles. The van der Waals surface area contributed by atoms with E-state index < -0.39 is 0 Å². The molecule has 0 spiro atoms. The van der Waals surface area contributed by atoms with E-state index in [1.54, 1.807) is 23.9 Å². The number of carbonyl (C=O) groups is 1. The molecule has 3 rings (SSSR count). The number of hydrogen-bond acceptors (Lipinski definition) is 4. The molecular formula is C16H15NO3S. The van der Waals surface area contributed by atoms with E-state index in [9.17, 15) is 4.79 Å². The zero-order valence-corrected chi connectivity index (χ0v) is 12.1. The molecule has 1 amide bonds. The van der Waals surface area contributed by atoms with Crippen LogP contribution in [0.3, 0.4) is 0 Å². The SMILES string of the molecule is O=C(Cc1ccsc1)NCC(c1ccco1)c1ccco1. The van der Waals surface area contributed by atoms with Crippen LogP contribution >= 0.6 is 11.3 Å². The molecule has 5 heteroatoms. The summed E-state index contributed by atoms with van der Waals surface area (Å²) in [6.45, 7) is 0.448. The lowest BCUT2D eigenvalue weighted by atomic mass is 10.0. The molecule has 0 aliphatic rings. The Labute approximate surface area is 126 Å². The van der Waals surface area contributed by atoms with Gasteiger partial charge < -0.3 is 14.2 Å². The molecular weight excluding hydrogens is 286 g/mol. The van der Waals surface area contributed by atoms with Gasteiger partial charge in [-0.3, -0.25) is 4.79 Å². The van der Waals surface area contributed by atoms with Crippen LogP contribution in [0.1, 0.15) is 23.0 Å². The molecule has 0 saturated carbocycles. The van der Waals surface area contributed by atoms with E-state index in [-0.39, 0.29) is 11.8 Å². The number of carbonyl (C=O) groups excluding carboxylic acids is 1. The minimum atomic E-state index is -0.110. The van der Waals surface area contributed by atoms with Crippen molar-refractivity contribution in [2.45, 2.75) is 12.3 Å². The molecule has 3 heterocycles. The van der Waals surface area contributed by atoms with Crippen LogP contribution in [0.5, 0.6) is 0 Å². The fraction of sp³-hybridized carbons (Fsp3) is 0.188. The van der Waals surface area contributed by atoms with Crippen molar-refractivity contribution in [2.24, 2.45) is 0 Å². The van der Waals surface area contributed by atoms with Crippen LogP contribution in [-0.4, -0.2) is 12.5 Å². The molecule has 3 aromatic rings. The molecule has 4 nitrogen and oxygen atoms in total. The van der Waals surface area contributed by atoms with E-state index in [1.165, 1.54) is 0 Å². The van der Waals surface area contributed by atoms with Gasteiger partial charge in [-0.05, 0) is 46.7 Å². The predicted octanol–water partition coefficient (Wildman–Crippen LogP) is 3.42. The number of rotatable bonds is 6. The highest BCUT2D eigenvalue weighted by molar-refractivity contribution is 7.07. The Morgan fingerprint density at radius 1 is 1.14 bits per heavy atom. The van der Waals surface area contributed by atoms with Crippen LogP contribution in [-0.2, 0) is 11.2 Å². The maximum atomic E-state index is 12.0. The summed E-state index contributed by atoms with van der Waals surface area (Å²) in [6, 6.07) is 9.40. The highest BCUT2D eigenvalue weighted by Gasteiger charge is 2.20. The first-order valence-corrected chi connectivity index (χ1v) is 7.62. The van der Waals surface area contributed by atoms with E-state index in [2.05, 4.69) is 5.32 Å². The number of hydrogen-bond donors (Lipinski definition) is 1. The number of nitrogens with one attached hydrogen (secondary N) is 1. The third kappa shape index (κ3) is 3.44. The van der Waals surface area contributed by atoms with Gasteiger partial charge in [-0.15, -0.1) is 0 Å². The Hall–Kier alpha value is -2.27. The van der Waals surface area contributed by atoms with E-state index in [0.29, 0.717) is 13.0 Å². The Kier molecular flexibility index (Phi) is 4.21. The first-order chi connectivity index (χ1) is 10.3. The summed E-state index contributed by atoms with van der Waals surface area (Å²) in [5, 5.41) is 6.89. The zero-order valence-electron chi connectivity index (χ0n) is 11.3. The van der Waals surface area contributed by atoms with Crippen molar-refractivity contribution in [3.05, 3.63) is 70.7 Å². The third-order valence-electron chi connectivity index (χ3n) is 3.22. The molecule has 1 N–H and O–H groups in total. The molecule has 0 atom stereocenters. The first kappa shape index (κ1) is 13.7. The summed E-state index contributed by atoms with van der Waals surface area (Å²) in [4.78, 5) is 12.0. The van der Waals surface area contributed by atoms with Gasteiger partial charge in [-0.25, -0.2) is 0 Å². The highest BCUT2D eigenvalue weighted by Crippen LogP contribution is 2.24. The van der Waals surface area contributed by atoms with E-state index in [0.717, 1.165) is 17.1 Å². The van der Waals surface area contributed by atoms with Gasteiger partial charge in [0.1, 0.15) is 11.5 Å². The molecule has 0 unspecified atom stereocenters. The fourth-order valence-corrected chi connectivity index (χ4v) is 2.85. The van der Waals surface area contributed by atoms with Gasteiger partial charge in [-0.2, -0.15) is 11.3 Å². The quantitative estimate of drug-likeness (QED) is 0.759. The Morgan fingerprint density at radius 2 is 1.86 bits per heavy atom. The van der Waals surface area contributed by atoms with Crippen LogP contribution in [0.2, 0.25) is 0 Å². The monoisotopic (exact) mass is 301 g/mol. The van der Waals surface area contributed by atoms with Crippen molar-refractivity contribution >= 4 is 17.2 Å². The Balaban J connectivity index is 1.64. The normalized spacial score (nSPS) is 10.9. The standard InChI is InChI=1S/C16H15NO3S/c18-16(9-12-5-8-21-11-12)17-10-13(14-3-1-6-19-14)15-4-2-7-20-15/h1-8,11,13H,9-10H2,(H,17,18). The third-order valence-corrected chi connectivity index (χ3v) is 3.95. The fourth-order valence-electron chi connectivity index (χ4n) is 2.18.